The molecule has 4 heteroatoms. The molecular formula is C16H29N3S. The van der Waals surface area contributed by atoms with Crippen LogP contribution in [-0.2, 0) is 13.0 Å². The molecule has 1 aromatic heterocycles. The zero-order valence-electron chi connectivity index (χ0n) is 13.2. The van der Waals surface area contributed by atoms with Crippen molar-refractivity contribution in [3.8, 4) is 0 Å². The lowest BCUT2D eigenvalue weighted by Crippen LogP contribution is -2.25. The lowest BCUT2D eigenvalue weighted by atomic mass is 10.2. The second-order valence-corrected chi connectivity index (χ2v) is 6.71. The van der Waals surface area contributed by atoms with Crippen LogP contribution in [0.4, 0.5) is 5.13 Å². The highest BCUT2D eigenvalue weighted by Crippen LogP contribution is 2.28. The highest BCUT2D eigenvalue weighted by molar-refractivity contribution is 7.15. The normalized spacial score (nSPS) is 15.9. The van der Waals surface area contributed by atoms with Crippen LogP contribution in [-0.4, -0.2) is 24.1 Å². The van der Waals surface area contributed by atoms with E-state index in [4.69, 9.17) is 4.98 Å². The maximum Gasteiger partial charge on any atom is 0.185 e. The van der Waals surface area contributed by atoms with Gasteiger partial charge < -0.3 is 10.2 Å². The lowest BCUT2D eigenvalue weighted by molar-refractivity contribution is 0.525. The van der Waals surface area contributed by atoms with Crippen LogP contribution in [0.3, 0.4) is 0 Å². The summed E-state index contributed by atoms with van der Waals surface area (Å²) in [6.07, 6.45) is 7.78. The van der Waals surface area contributed by atoms with E-state index in [1.54, 1.807) is 0 Å². The summed E-state index contributed by atoms with van der Waals surface area (Å²) in [6, 6.07) is 0.739. The van der Waals surface area contributed by atoms with Crippen molar-refractivity contribution in [3.63, 3.8) is 0 Å². The van der Waals surface area contributed by atoms with Crippen molar-refractivity contribution < 1.29 is 0 Å². The predicted molar refractivity (Wildman–Crippen MR) is 88.8 cm³/mol. The van der Waals surface area contributed by atoms with E-state index >= 15 is 0 Å². The smallest absolute Gasteiger partial charge is 0.185 e. The second kappa shape index (κ2) is 7.99. The average molecular weight is 295 g/mol. The van der Waals surface area contributed by atoms with Crippen LogP contribution in [0.5, 0.6) is 0 Å². The highest BCUT2D eigenvalue weighted by atomic mass is 32.1. The van der Waals surface area contributed by atoms with Gasteiger partial charge in [-0.3, -0.25) is 0 Å². The summed E-state index contributed by atoms with van der Waals surface area (Å²) >= 11 is 1.89. The number of aromatic nitrogens is 1. The Balaban J connectivity index is 2.04. The fourth-order valence-electron chi connectivity index (χ4n) is 2.94. The maximum atomic E-state index is 4.89. The van der Waals surface area contributed by atoms with E-state index in [9.17, 15) is 0 Å². The number of aryl methyl sites for hydroxylation is 1. The molecule has 0 aliphatic heterocycles. The van der Waals surface area contributed by atoms with E-state index < -0.39 is 0 Å². The third-order valence-corrected chi connectivity index (χ3v) is 5.35. The van der Waals surface area contributed by atoms with E-state index in [0.29, 0.717) is 0 Å². The minimum atomic E-state index is 0.739. The summed E-state index contributed by atoms with van der Waals surface area (Å²) in [7, 11) is 0. The standard InChI is InChI=1S/C16H29N3S/c1-4-9-14-15(12-17-13-10-7-8-11-13)20-16(18-14)19(5-2)6-3/h13,17H,4-12H2,1-3H3. The quantitative estimate of drug-likeness (QED) is 0.786. The zero-order valence-corrected chi connectivity index (χ0v) is 14.1. The molecule has 0 spiro atoms. The molecule has 1 aromatic rings. The average Bonchev–Trinajstić information content (AvgIpc) is 3.08. The Kier molecular flexibility index (Phi) is 6.30. The Morgan fingerprint density at radius 2 is 1.90 bits per heavy atom. The number of thiazole rings is 1. The van der Waals surface area contributed by atoms with Crippen LogP contribution in [0, 0.1) is 0 Å². The molecule has 0 amide bonds. The zero-order chi connectivity index (χ0) is 14.4. The van der Waals surface area contributed by atoms with Gasteiger partial charge in [0.05, 0.1) is 5.69 Å². The molecule has 1 fully saturated rings. The molecule has 0 unspecified atom stereocenters. The number of hydrogen-bond acceptors (Lipinski definition) is 4. The second-order valence-electron chi connectivity index (χ2n) is 5.65. The molecule has 20 heavy (non-hydrogen) atoms. The third-order valence-electron chi connectivity index (χ3n) is 4.19. The van der Waals surface area contributed by atoms with Gasteiger partial charge >= 0.3 is 0 Å². The maximum absolute atomic E-state index is 4.89. The van der Waals surface area contributed by atoms with E-state index in [1.807, 2.05) is 11.3 Å². The highest BCUT2D eigenvalue weighted by Gasteiger charge is 2.17. The molecule has 1 heterocycles. The fraction of sp³-hybridized carbons (Fsp3) is 0.812. The fourth-order valence-corrected chi connectivity index (χ4v) is 4.12. The van der Waals surface area contributed by atoms with E-state index in [1.165, 1.54) is 47.8 Å². The van der Waals surface area contributed by atoms with E-state index in [0.717, 1.165) is 32.1 Å². The molecule has 1 aliphatic rings. The first-order valence-electron chi connectivity index (χ1n) is 8.25. The molecule has 1 N–H and O–H groups in total. The van der Waals surface area contributed by atoms with Crippen molar-refractivity contribution in [1.29, 1.82) is 0 Å². The van der Waals surface area contributed by atoms with Crippen molar-refractivity contribution >= 4 is 16.5 Å². The van der Waals surface area contributed by atoms with Crippen molar-refractivity contribution in [3.05, 3.63) is 10.6 Å². The molecule has 1 aliphatic carbocycles. The molecular weight excluding hydrogens is 266 g/mol. The third kappa shape index (κ3) is 3.95. The summed E-state index contributed by atoms with van der Waals surface area (Å²) in [5.74, 6) is 0. The van der Waals surface area contributed by atoms with Gasteiger partial charge in [-0.15, -0.1) is 11.3 Å². The van der Waals surface area contributed by atoms with Crippen LogP contribution in [0.2, 0.25) is 0 Å². The molecule has 0 aromatic carbocycles. The SMILES string of the molecule is CCCc1nc(N(CC)CC)sc1CNC1CCCC1. The summed E-state index contributed by atoms with van der Waals surface area (Å²) < 4.78 is 0. The summed E-state index contributed by atoms with van der Waals surface area (Å²) in [4.78, 5) is 8.71. The van der Waals surface area contributed by atoms with Crippen LogP contribution >= 0.6 is 11.3 Å². The molecule has 0 bridgehead atoms. The monoisotopic (exact) mass is 295 g/mol. The minimum Gasteiger partial charge on any atom is -0.349 e. The Labute approximate surface area is 127 Å². The minimum absolute atomic E-state index is 0.739. The molecule has 1 saturated carbocycles. The van der Waals surface area contributed by atoms with Crippen LogP contribution in [0.1, 0.15) is 63.4 Å². The van der Waals surface area contributed by atoms with Crippen molar-refractivity contribution in [1.82, 2.24) is 10.3 Å². The van der Waals surface area contributed by atoms with Gasteiger partial charge in [-0.25, -0.2) is 4.98 Å². The predicted octanol–water partition coefficient (Wildman–Crippen LogP) is 3.97. The largest absolute Gasteiger partial charge is 0.349 e. The number of nitrogens with one attached hydrogen (secondary N) is 1. The van der Waals surface area contributed by atoms with Gasteiger partial charge in [0.15, 0.2) is 5.13 Å². The number of rotatable bonds is 8. The molecule has 0 atom stereocenters. The molecule has 2 rings (SSSR count). The van der Waals surface area contributed by atoms with Gasteiger partial charge in [-0.05, 0) is 33.1 Å². The molecule has 114 valence electrons. The van der Waals surface area contributed by atoms with Crippen molar-refractivity contribution in [2.45, 2.75) is 71.9 Å². The number of nitrogens with zero attached hydrogens (tertiary/aromatic N) is 2. The van der Waals surface area contributed by atoms with Gasteiger partial charge in [0.25, 0.3) is 0 Å². The van der Waals surface area contributed by atoms with Crippen LogP contribution < -0.4 is 10.2 Å². The van der Waals surface area contributed by atoms with Crippen LogP contribution in [0.15, 0.2) is 0 Å². The van der Waals surface area contributed by atoms with Gasteiger partial charge in [-0.2, -0.15) is 0 Å². The number of anilines is 1. The van der Waals surface area contributed by atoms with Gasteiger partial charge in [0.2, 0.25) is 0 Å². The van der Waals surface area contributed by atoms with E-state index in [-0.39, 0.29) is 0 Å². The topological polar surface area (TPSA) is 28.2 Å². The van der Waals surface area contributed by atoms with Crippen LogP contribution in [0.25, 0.3) is 0 Å². The Morgan fingerprint density at radius 1 is 1.20 bits per heavy atom. The molecule has 0 radical (unpaired) electrons. The van der Waals surface area contributed by atoms with Gasteiger partial charge in [0, 0.05) is 30.6 Å². The Bertz CT molecular complexity index is 392. The Hall–Kier alpha value is -0.610. The lowest BCUT2D eigenvalue weighted by Gasteiger charge is -2.16. The van der Waals surface area contributed by atoms with Crippen molar-refractivity contribution in [2.75, 3.05) is 18.0 Å². The molecule has 3 nitrogen and oxygen atoms in total. The van der Waals surface area contributed by atoms with Gasteiger partial charge in [0.1, 0.15) is 0 Å². The first kappa shape index (κ1) is 15.8. The summed E-state index contributed by atoms with van der Waals surface area (Å²) in [5, 5.41) is 4.95. The Morgan fingerprint density at radius 3 is 2.50 bits per heavy atom. The number of hydrogen-bond donors (Lipinski definition) is 1. The molecule has 0 saturated heterocycles. The summed E-state index contributed by atoms with van der Waals surface area (Å²) in [6.45, 7) is 9.77. The summed E-state index contributed by atoms with van der Waals surface area (Å²) in [5.41, 5.74) is 1.32. The van der Waals surface area contributed by atoms with Gasteiger partial charge in [-0.1, -0.05) is 26.2 Å². The first-order valence-corrected chi connectivity index (χ1v) is 9.07. The van der Waals surface area contributed by atoms with E-state index in [2.05, 4.69) is 31.0 Å². The first-order chi connectivity index (χ1) is 9.78. The van der Waals surface area contributed by atoms with Crippen molar-refractivity contribution in [2.24, 2.45) is 0 Å².